The van der Waals surface area contributed by atoms with Crippen LogP contribution in [0.25, 0.3) is 0 Å². The molecule has 13 heavy (non-hydrogen) atoms. The molecule has 0 radical (unpaired) electrons. The number of rotatable bonds is 2. The molecule has 0 amide bonds. The van der Waals surface area contributed by atoms with E-state index in [0.717, 1.165) is 23.3 Å². The van der Waals surface area contributed by atoms with Crippen LogP contribution in [-0.4, -0.2) is 6.29 Å². The van der Waals surface area contributed by atoms with Gasteiger partial charge in [0.15, 0.2) is 0 Å². The van der Waals surface area contributed by atoms with Crippen LogP contribution in [0.4, 0.5) is 0 Å². The number of aldehydes is 1. The second-order valence-electron chi connectivity index (χ2n) is 3.84. The molecule has 68 valence electrons. The Labute approximate surface area is 82.7 Å². The second-order valence-corrected chi connectivity index (χ2v) is 4.25. The van der Waals surface area contributed by atoms with Crippen LogP contribution in [0.1, 0.15) is 18.9 Å². The molecule has 2 rings (SSSR count). The van der Waals surface area contributed by atoms with Crippen LogP contribution < -0.4 is 0 Å². The standard InChI is InChI=1S/C11H11ClO/c1-11(6-8(11)7-13)9-4-2-3-5-10(9)12/h2-5,7-8H,6H2,1H3. The summed E-state index contributed by atoms with van der Waals surface area (Å²) in [4.78, 5) is 10.6. The summed E-state index contributed by atoms with van der Waals surface area (Å²) < 4.78 is 0. The lowest BCUT2D eigenvalue weighted by molar-refractivity contribution is -0.109. The van der Waals surface area contributed by atoms with Crippen molar-refractivity contribution in [3.8, 4) is 0 Å². The molecule has 1 saturated carbocycles. The minimum Gasteiger partial charge on any atom is -0.303 e. The topological polar surface area (TPSA) is 17.1 Å². The van der Waals surface area contributed by atoms with E-state index in [-0.39, 0.29) is 11.3 Å². The van der Waals surface area contributed by atoms with Crippen molar-refractivity contribution in [2.24, 2.45) is 5.92 Å². The van der Waals surface area contributed by atoms with E-state index < -0.39 is 0 Å². The van der Waals surface area contributed by atoms with Crippen LogP contribution in [-0.2, 0) is 10.2 Å². The van der Waals surface area contributed by atoms with Gasteiger partial charge in [0.05, 0.1) is 0 Å². The van der Waals surface area contributed by atoms with Gasteiger partial charge in [0, 0.05) is 16.4 Å². The van der Waals surface area contributed by atoms with Crippen molar-refractivity contribution in [2.45, 2.75) is 18.8 Å². The summed E-state index contributed by atoms with van der Waals surface area (Å²) in [5.41, 5.74) is 1.11. The van der Waals surface area contributed by atoms with Gasteiger partial charge in [-0.3, -0.25) is 0 Å². The Hall–Kier alpha value is -0.820. The van der Waals surface area contributed by atoms with Gasteiger partial charge in [-0.05, 0) is 18.1 Å². The molecule has 1 fully saturated rings. The van der Waals surface area contributed by atoms with Crippen LogP contribution in [0, 0.1) is 5.92 Å². The lowest BCUT2D eigenvalue weighted by Gasteiger charge is -2.11. The molecule has 0 heterocycles. The third-order valence-electron chi connectivity index (χ3n) is 2.96. The second kappa shape index (κ2) is 2.85. The minimum absolute atomic E-state index is 0.0000926. The van der Waals surface area contributed by atoms with Crippen molar-refractivity contribution >= 4 is 17.9 Å². The molecule has 0 bridgehead atoms. The molecule has 2 unspecified atom stereocenters. The summed E-state index contributed by atoms with van der Waals surface area (Å²) in [5, 5.41) is 0.773. The lowest BCUT2D eigenvalue weighted by Crippen LogP contribution is -2.05. The zero-order valence-electron chi connectivity index (χ0n) is 7.46. The predicted molar refractivity (Wildman–Crippen MR) is 53.0 cm³/mol. The van der Waals surface area contributed by atoms with Gasteiger partial charge in [0.1, 0.15) is 6.29 Å². The molecular weight excluding hydrogens is 184 g/mol. The van der Waals surface area contributed by atoms with E-state index in [2.05, 4.69) is 6.92 Å². The highest BCUT2D eigenvalue weighted by atomic mass is 35.5. The average Bonchev–Trinajstić information content (AvgIpc) is 2.79. The van der Waals surface area contributed by atoms with Gasteiger partial charge < -0.3 is 4.79 Å². The summed E-state index contributed by atoms with van der Waals surface area (Å²) >= 11 is 6.06. The summed E-state index contributed by atoms with van der Waals surface area (Å²) in [6.45, 7) is 2.09. The highest BCUT2D eigenvalue weighted by Crippen LogP contribution is 2.54. The Bertz CT molecular complexity index is 348. The molecule has 2 heteroatoms. The van der Waals surface area contributed by atoms with E-state index in [9.17, 15) is 4.79 Å². The number of carbonyl (C=O) groups is 1. The maximum absolute atomic E-state index is 10.6. The Morgan fingerprint density at radius 1 is 1.54 bits per heavy atom. The van der Waals surface area contributed by atoms with Crippen LogP contribution >= 0.6 is 11.6 Å². The fourth-order valence-electron chi connectivity index (χ4n) is 1.83. The summed E-state index contributed by atoms with van der Waals surface area (Å²) in [6, 6.07) is 7.76. The van der Waals surface area contributed by atoms with Crippen LogP contribution in [0.15, 0.2) is 24.3 Å². The van der Waals surface area contributed by atoms with Crippen molar-refractivity contribution < 1.29 is 4.79 Å². The molecule has 1 aromatic rings. The van der Waals surface area contributed by atoms with Gasteiger partial charge in [-0.25, -0.2) is 0 Å². The number of carbonyl (C=O) groups excluding carboxylic acids is 1. The van der Waals surface area contributed by atoms with E-state index in [0.29, 0.717) is 0 Å². The monoisotopic (exact) mass is 194 g/mol. The van der Waals surface area contributed by atoms with Crippen molar-refractivity contribution in [3.05, 3.63) is 34.9 Å². The number of hydrogen-bond acceptors (Lipinski definition) is 1. The SMILES string of the molecule is CC1(c2ccccc2Cl)CC1C=O. The Balaban J connectivity index is 2.37. The first-order valence-electron chi connectivity index (χ1n) is 4.39. The number of halogens is 1. The first-order chi connectivity index (χ1) is 6.18. The quantitative estimate of drug-likeness (QED) is 0.662. The van der Waals surface area contributed by atoms with Crippen molar-refractivity contribution in [1.82, 2.24) is 0 Å². The molecule has 0 aliphatic heterocycles. The lowest BCUT2D eigenvalue weighted by atomic mass is 9.96. The third-order valence-corrected chi connectivity index (χ3v) is 3.29. The molecule has 1 nitrogen and oxygen atoms in total. The molecule has 2 atom stereocenters. The van der Waals surface area contributed by atoms with E-state index in [1.807, 2.05) is 24.3 Å². The summed E-state index contributed by atoms with van der Waals surface area (Å²) in [5.74, 6) is 0.160. The Morgan fingerprint density at radius 3 is 2.77 bits per heavy atom. The third kappa shape index (κ3) is 1.28. The van der Waals surface area contributed by atoms with Gasteiger partial charge in [-0.1, -0.05) is 36.7 Å². The first-order valence-corrected chi connectivity index (χ1v) is 4.76. The van der Waals surface area contributed by atoms with Crippen molar-refractivity contribution in [2.75, 3.05) is 0 Å². The molecular formula is C11H11ClO. The molecule has 1 aliphatic rings. The van der Waals surface area contributed by atoms with E-state index in [1.165, 1.54) is 0 Å². The molecule has 0 saturated heterocycles. The highest BCUT2D eigenvalue weighted by Gasteiger charge is 2.51. The van der Waals surface area contributed by atoms with Crippen molar-refractivity contribution in [3.63, 3.8) is 0 Å². The first kappa shape index (κ1) is 8.76. The Kier molecular flexibility index (Phi) is 1.92. The average molecular weight is 195 g/mol. The van der Waals surface area contributed by atoms with E-state index >= 15 is 0 Å². The van der Waals surface area contributed by atoms with Gasteiger partial charge in [0.2, 0.25) is 0 Å². The van der Waals surface area contributed by atoms with Crippen LogP contribution in [0.3, 0.4) is 0 Å². The maximum Gasteiger partial charge on any atom is 0.123 e. The van der Waals surface area contributed by atoms with Gasteiger partial charge >= 0.3 is 0 Å². The van der Waals surface area contributed by atoms with Gasteiger partial charge in [0.25, 0.3) is 0 Å². The highest BCUT2D eigenvalue weighted by molar-refractivity contribution is 6.31. The molecule has 1 aromatic carbocycles. The van der Waals surface area contributed by atoms with Crippen LogP contribution in [0.5, 0.6) is 0 Å². The molecule has 0 aromatic heterocycles. The van der Waals surface area contributed by atoms with Crippen LogP contribution in [0.2, 0.25) is 5.02 Å². The molecule has 0 N–H and O–H groups in total. The zero-order chi connectivity index (χ0) is 9.47. The number of benzene rings is 1. The maximum atomic E-state index is 10.6. The smallest absolute Gasteiger partial charge is 0.123 e. The zero-order valence-corrected chi connectivity index (χ0v) is 8.21. The largest absolute Gasteiger partial charge is 0.303 e. The van der Waals surface area contributed by atoms with Gasteiger partial charge in [-0.2, -0.15) is 0 Å². The molecule has 0 spiro atoms. The van der Waals surface area contributed by atoms with E-state index in [4.69, 9.17) is 11.6 Å². The fraction of sp³-hybridized carbons (Fsp3) is 0.364. The van der Waals surface area contributed by atoms with Crippen molar-refractivity contribution in [1.29, 1.82) is 0 Å². The Morgan fingerprint density at radius 2 is 2.23 bits per heavy atom. The normalized spacial score (nSPS) is 31.4. The van der Waals surface area contributed by atoms with E-state index in [1.54, 1.807) is 0 Å². The summed E-state index contributed by atoms with van der Waals surface area (Å²) in [7, 11) is 0. The molecule has 1 aliphatic carbocycles. The summed E-state index contributed by atoms with van der Waals surface area (Å²) in [6.07, 6.45) is 1.96. The van der Waals surface area contributed by atoms with Gasteiger partial charge in [-0.15, -0.1) is 0 Å². The minimum atomic E-state index is 0.0000926. The number of hydrogen-bond donors (Lipinski definition) is 0. The fourth-order valence-corrected chi connectivity index (χ4v) is 2.18. The predicted octanol–water partition coefficient (Wildman–Crippen LogP) is 2.82.